The Morgan fingerprint density at radius 1 is 1.06 bits per heavy atom. The number of carbonyl (C=O) groups is 2. The van der Waals surface area contributed by atoms with Crippen molar-refractivity contribution in [2.45, 2.75) is 57.2 Å². The van der Waals surface area contributed by atoms with E-state index in [1.165, 1.54) is 6.20 Å². The highest BCUT2D eigenvalue weighted by Gasteiger charge is 2.43. The van der Waals surface area contributed by atoms with Crippen LogP contribution in [0.5, 0.6) is 11.5 Å². The lowest BCUT2D eigenvalue weighted by Gasteiger charge is -2.39. The van der Waals surface area contributed by atoms with E-state index < -0.39 is 0 Å². The monoisotopic (exact) mass is 424 g/mol. The molecule has 2 bridgehead atoms. The number of aromatic nitrogens is 2. The largest absolute Gasteiger partial charge is 0.493 e. The van der Waals surface area contributed by atoms with Crippen LogP contribution in [0, 0.1) is 6.92 Å². The lowest BCUT2D eigenvalue weighted by atomic mass is 9.96. The Morgan fingerprint density at radius 2 is 1.77 bits per heavy atom. The van der Waals surface area contributed by atoms with Crippen LogP contribution in [0.1, 0.15) is 47.4 Å². The van der Waals surface area contributed by atoms with E-state index >= 15 is 0 Å². The van der Waals surface area contributed by atoms with Crippen LogP contribution in [0.25, 0.3) is 0 Å². The molecule has 8 nitrogen and oxygen atoms in total. The molecule has 3 atom stereocenters. The first-order chi connectivity index (χ1) is 15.0. The van der Waals surface area contributed by atoms with Gasteiger partial charge in [-0.05, 0) is 50.3 Å². The van der Waals surface area contributed by atoms with Crippen molar-refractivity contribution in [1.82, 2.24) is 20.2 Å². The molecule has 0 radical (unpaired) electrons. The molecule has 1 aromatic carbocycles. The summed E-state index contributed by atoms with van der Waals surface area (Å²) in [4.78, 5) is 36.0. The van der Waals surface area contributed by atoms with Gasteiger partial charge in [0.1, 0.15) is 5.69 Å². The number of aryl methyl sites for hydroxylation is 1. The number of rotatable bonds is 6. The van der Waals surface area contributed by atoms with Crippen molar-refractivity contribution < 1.29 is 19.1 Å². The maximum absolute atomic E-state index is 13.1. The van der Waals surface area contributed by atoms with Gasteiger partial charge in [0.25, 0.3) is 5.91 Å². The van der Waals surface area contributed by atoms with Crippen molar-refractivity contribution >= 4 is 11.8 Å². The smallest absolute Gasteiger partial charge is 0.271 e. The molecule has 4 rings (SSSR count). The molecule has 2 aromatic rings. The van der Waals surface area contributed by atoms with Gasteiger partial charge in [-0.2, -0.15) is 0 Å². The van der Waals surface area contributed by atoms with Gasteiger partial charge in [0.15, 0.2) is 11.5 Å². The van der Waals surface area contributed by atoms with Crippen molar-refractivity contribution in [3.8, 4) is 11.5 Å². The summed E-state index contributed by atoms with van der Waals surface area (Å²) >= 11 is 0. The predicted octanol–water partition coefficient (Wildman–Crippen LogP) is 2.30. The van der Waals surface area contributed by atoms with Gasteiger partial charge in [-0.3, -0.25) is 14.6 Å². The van der Waals surface area contributed by atoms with Crippen molar-refractivity contribution in [3.05, 3.63) is 47.5 Å². The van der Waals surface area contributed by atoms with Crippen LogP contribution in [0.15, 0.2) is 30.6 Å². The zero-order valence-corrected chi connectivity index (χ0v) is 18.1. The fourth-order valence-corrected chi connectivity index (χ4v) is 4.73. The minimum Gasteiger partial charge on any atom is -0.493 e. The minimum absolute atomic E-state index is 0.0400. The SMILES string of the molecule is COc1ccc(CC(=O)N2[C@@H]3CC[C@H]2CC(NC(=O)c2cnc(C)cn2)C3)cc1OC. The third-order valence-corrected chi connectivity index (χ3v) is 6.17. The molecule has 8 heteroatoms. The van der Waals surface area contributed by atoms with Crippen LogP contribution in [0.2, 0.25) is 0 Å². The molecule has 0 spiro atoms. The summed E-state index contributed by atoms with van der Waals surface area (Å²) in [6.45, 7) is 1.83. The van der Waals surface area contributed by atoms with E-state index in [0.717, 1.165) is 36.9 Å². The van der Waals surface area contributed by atoms with Gasteiger partial charge in [-0.1, -0.05) is 6.07 Å². The molecule has 3 heterocycles. The molecule has 2 fully saturated rings. The number of amides is 2. The fraction of sp³-hybridized carbons (Fsp3) is 0.478. The number of benzene rings is 1. The lowest BCUT2D eigenvalue weighted by Crippen LogP contribution is -2.52. The lowest BCUT2D eigenvalue weighted by molar-refractivity contribution is -0.135. The Kier molecular flexibility index (Phi) is 6.06. The molecule has 2 aliphatic heterocycles. The minimum atomic E-state index is -0.206. The highest BCUT2D eigenvalue weighted by molar-refractivity contribution is 5.92. The molecular weight excluding hydrogens is 396 g/mol. The first kappa shape index (κ1) is 21.1. The third kappa shape index (κ3) is 4.47. The number of ether oxygens (including phenoxy) is 2. The highest BCUT2D eigenvalue weighted by Crippen LogP contribution is 2.36. The van der Waals surface area contributed by atoms with Crippen molar-refractivity contribution in [1.29, 1.82) is 0 Å². The van der Waals surface area contributed by atoms with Crippen LogP contribution < -0.4 is 14.8 Å². The van der Waals surface area contributed by atoms with Crippen LogP contribution >= 0.6 is 0 Å². The Hall–Kier alpha value is -3.16. The van der Waals surface area contributed by atoms with E-state index in [9.17, 15) is 9.59 Å². The molecule has 2 aliphatic rings. The Labute approximate surface area is 182 Å². The topological polar surface area (TPSA) is 93.7 Å². The van der Waals surface area contributed by atoms with E-state index in [2.05, 4.69) is 15.3 Å². The van der Waals surface area contributed by atoms with Crippen molar-refractivity contribution in [2.24, 2.45) is 0 Å². The number of hydrogen-bond acceptors (Lipinski definition) is 6. The summed E-state index contributed by atoms with van der Waals surface area (Å²) in [7, 11) is 3.18. The summed E-state index contributed by atoms with van der Waals surface area (Å²) < 4.78 is 10.6. The number of methoxy groups -OCH3 is 2. The van der Waals surface area contributed by atoms with E-state index in [4.69, 9.17) is 9.47 Å². The third-order valence-electron chi connectivity index (χ3n) is 6.17. The quantitative estimate of drug-likeness (QED) is 0.765. The summed E-state index contributed by atoms with van der Waals surface area (Å²) in [5.74, 6) is 1.18. The average Bonchev–Trinajstić information content (AvgIpc) is 3.04. The van der Waals surface area contributed by atoms with E-state index in [-0.39, 0.29) is 29.9 Å². The maximum atomic E-state index is 13.1. The van der Waals surface area contributed by atoms with Gasteiger partial charge in [0.05, 0.1) is 32.5 Å². The molecule has 1 N–H and O–H groups in total. The van der Waals surface area contributed by atoms with E-state index in [0.29, 0.717) is 23.6 Å². The molecule has 1 aromatic heterocycles. The molecule has 2 saturated heterocycles. The molecule has 31 heavy (non-hydrogen) atoms. The molecule has 1 unspecified atom stereocenters. The molecule has 164 valence electrons. The van der Waals surface area contributed by atoms with Gasteiger partial charge in [0.2, 0.25) is 5.91 Å². The zero-order valence-electron chi connectivity index (χ0n) is 18.1. The second kappa shape index (κ2) is 8.91. The molecule has 0 saturated carbocycles. The Morgan fingerprint density at radius 3 is 2.39 bits per heavy atom. The molecule has 0 aliphatic carbocycles. The Bertz CT molecular complexity index is 949. The van der Waals surface area contributed by atoms with Crippen LogP contribution in [0.4, 0.5) is 0 Å². The van der Waals surface area contributed by atoms with E-state index in [1.54, 1.807) is 20.4 Å². The number of hydrogen-bond donors (Lipinski definition) is 1. The summed E-state index contributed by atoms with van der Waals surface area (Å²) in [6.07, 6.45) is 6.88. The van der Waals surface area contributed by atoms with Crippen molar-refractivity contribution in [3.63, 3.8) is 0 Å². The van der Waals surface area contributed by atoms with Gasteiger partial charge in [-0.25, -0.2) is 4.98 Å². The predicted molar refractivity (Wildman–Crippen MR) is 114 cm³/mol. The normalized spacial score (nSPS) is 22.2. The number of carbonyl (C=O) groups excluding carboxylic acids is 2. The number of nitrogens with one attached hydrogen (secondary N) is 1. The van der Waals surface area contributed by atoms with Gasteiger partial charge in [-0.15, -0.1) is 0 Å². The summed E-state index contributed by atoms with van der Waals surface area (Å²) in [5, 5.41) is 3.08. The average molecular weight is 425 g/mol. The standard InChI is InChI=1S/C23H28N4O4/c1-14-12-25-19(13-24-14)23(29)26-16-10-17-5-6-18(11-16)27(17)22(28)9-15-4-7-20(30-2)21(8-15)31-3/h4,7-8,12-13,16-18H,5-6,9-11H2,1-3H3,(H,26,29)/t16?,17-,18+. The van der Waals surface area contributed by atoms with Crippen LogP contribution in [0.3, 0.4) is 0 Å². The van der Waals surface area contributed by atoms with Crippen LogP contribution in [-0.4, -0.2) is 59.0 Å². The second-order valence-electron chi connectivity index (χ2n) is 8.24. The molecule has 2 amide bonds. The van der Waals surface area contributed by atoms with Crippen LogP contribution in [-0.2, 0) is 11.2 Å². The van der Waals surface area contributed by atoms with Crippen molar-refractivity contribution in [2.75, 3.05) is 14.2 Å². The number of nitrogens with zero attached hydrogens (tertiary/aromatic N) is 3. The highest BCUT2D eigenvalue weighted by atomic mass is 16.5. The first-order valence-electron chi connectivity index (χ1n) is 10.6. The summed E-state index contributed by atoms with van der Waals surface area (Å²) in [6, 6.07) is 5.93. The van der Waals surface area contributed by atoms with E-state index in [1.807, 2.05) is 30.0 Å². The Balaban J connectivity index is 1.38. The fourth-order valence-electron chi connectivity index (χ4n) is 4.73. The van der Waals surface area contributed by atoms with Gasteiger partial charge in [0, 0.05) is 24.3 Å². The number of fused-ring (bicyclic) bond motifs is 2. The van der Waals surface area contributed by atoms with Gasteiger partial charge < -0.3 is 19.7 Å². The summed E-state index contributed by atoms with van der Waals surface area (Å²) in [5.41, 5.74) is 2.00. The second-order valence-corrected chi connectivity index (χ2v) is 8.24. The molecular formula is C23H28N4O4. The number of piperidine rings is 1. The van der Waals surface area contributed by atoms with Gasteiger partial charge >= 0.3 is 0 Å². The maximum Gasteiger partial charge on any atom is 0.271 e. The first-order valence-corrected chi connectivity index (χ1v) is 10.6. The zero-order chi connectivity index (χ0) is 22.0.